The van der Waals surface area contributed by atoms with Gasteiger partial charge in [-0.2, -0.15) is 4.31 Å². The molecule has 0 atom stereocenters. The lowest BCUT2D eigenvalue weighted by Gasteiger charge is -2.22. The number of sulfonamides is 1. The molecule has 0 heterocycles. The van der Waals surface area contributed by atoms with E-state index in [0.29, 0.717) is 24.3 Å². The summed E-state index contributed by atoms with van der Waals surface area (Å²) < 4.78 is 37.4. The minimum absolute atomic E-state index is 0.114. The van der Waals surface area contributed by atoms with E-state index in [2.05, 4.69) is 10.1 Å². The van der Waals surface area contributed by atoms with Gasteiger partial charge in [-0.15, -0.1) is 0 Å². The molecule has 0 bridgehead atoms. The fraction of sp³-hybridized carbons (Fsp3) is 0.391. The summed E-state index contributed by atoms with van der Waals surface area (Å²) in [7, 11) is -2.53. The Kier molecular flexibility index (Phi) is 9.67. The van der Waals surface area contributed by atoms with E-state index in [1.807, 2.05) is 13.8 Å². The quantitative estimate of drug-likeness (QED) is 0.487. The van der Waals surface area contributed by atoms with Gasteiger partial charge in [-0.1, -0.05) is 25.5 Å². The number of rotatable bonds is 12. The summed E-state index contributed by atoms with van der Waals surface area (Å²) in [6.45, 7) is 4.47. The number of carbonyl (C=O) groups excluding carboxylic acids is 2. The number of ether oxygens (including phenoxy) is 2. The van der Waals surface area contributed by atoms with Gasteiger partial charge in [0.2, 0.25) is 15.9 Å². The van der Waals surface area contributed by atoms with E-state index in [1.165, 1.54) is 23.5 Å². The standard InChI is InChI=1S/C23H30N2O6S/c1-4-6-15-25(32(28,29)21-13-11-20(12-14-21)31-5-2)17-22(26)24-16-18-7-9-19(10-8-18)23(27)30-3/h7-14H,4-6,15-17H2,1-3H3,(H,24,26). The van der Waals surface area contributed by atoms with Crippen molar-refractivity contribution in [1.29, 1.82) is 0 Å². The van der Waals surface area contributed by atoms with Gasteiger partial charge >= 0.3 is 5.97 Å². The number of unbranched alkanes of at least 4 members (excludes halogenated alkanes) is 1. The number of amides is 1. The van der Waals surface area contributed by atoms with E-state index in [1.54, 1.807) is 36.4 Å². The summed E-state index contributed by atoms with van der Waals surface area (Å²) in [5.41, 5.74) is 1.19. The molecule has 174 valence electrons. The van der Waals surface area contributed by atoms with Crippen LogP contribution in [-0.4, -0.2) is 51.4 Å². The van der Waals surface area contributed by atoms with E-state index < -0.39 is 21.9 Å². The number of benzene rings is 2. The average Bonchev–Trinajstić information content (AvgIpc) is 2.80. The molecule has 32 heavy (non-hydrogen) atoms. The predicted molar refractivity (Wildman–Crippen MR) is 121 cm³/mol. The molecule has 0 saturated carbocycles. The third-order valence-corrected chi connectivity index (χ3v) is 6.58. The molecule has 2 aromatic carbocycles. The van der Waals surface area contributed by atoms with Crippen LogP contribution in [0.3, 0.4) is 0 Å². The summed E-state index contributed by atoms with van der Waals surface area (Å²) >= 11 is 0. The SMILES string of the molecule is CCCCN(CC(=O)NCc1ccc(C(=O)OC)cc1)S(=O)(=O)c1ccc(OCC)cc1. The number of esters is 1. The van der Waals surface area contributed by atoms with Crippen LogP contribution in [0.25, 0.3) is 0 Å². The second kappa shape index (κ2) is 12.2. The molecule has 9 heteroatoms. The number of nitrogens with zero attached hydrogens (tertiary/aromatic N) is 1. The maximum Gasteiger partial charge on any atom is 0.337 e. The van der Waals surface area contributed by atoms with E-state index in [9.17, 15) is 18.0 Å². The Hall–Kier alpha value is -2.91. The zero-order valence-electron chi connectivity index (χ0n) is 18.7. The topological polar surface area (TPSA) is 102 Å². The van der Waals surface area contributed by atoms with Crippen molar-refractivity contribution in [1.82, 2.24) is 9.62 Å². The lowest BCUT2D eigenvalue weighted by molar-refractivity contribution is -0.121. The molecule has 0 aliphatic rings. The van der Waals surface area contributed by atoms with Crippen molar-refractivity contribution in [3.63, 3.8) is 0 Å². The van der Waals surface area contributed by atoms with Crippen molar-refractivity contribution in [3.8, 4) is 5.75 Å². The van der Waals surface area contributed by atoms with Crippen molar-refractivity contribution in [2.75, 3.05) is 26.8 Å². The fourth-order valence-corrected chi connectivity index (χ4v) is 4.37. The molecule has 0 saturated heterocycles. The van der Waals surface area contributed by atoms with Gasteiger partial charge < -0.3 is 14.8 Å². The van der Waals surface area contributed by atoms with Crippen molar-refractivity contribution >= 4 is 21.9 Å². The molecule has 0 unspecified atom stereocenters. The molecule has 0 aromatic heterocycles. The molecule has 8 nitrogen and oxygen atoms in total. The second-order valence-corrected chi connectivity index (χ2v) is 9.00. The van der Waals surface area contributed by atoms with Gasteiger partial charge in [-0.05, 0) is 55.3 Å². The minimum atomic E-state index is -3.84. The van der Waals surface area contributed by atoms with Crippen LogP contribution in [0.1, 0.15) is 42.6 Å². The molecule has 0 aliphatic carbocycles. The molecular weight excluding hydrogens is 432 g/mol. The predicted octanol–water partition coefficient (Wildman–Crippen LogP) is 2.98. The number of nitrogens with one attached hydrogen (secondary N) is 1. The van der Waals surface area contributed by atoms with Gasteiger partial charge in [0.25, 0.3) is 0 Å². The highest BCUT2D eigenvalue weighted by Gasteiger charge is 2.26. The molecule has 0 aliphatic heterocycles. The van der Waals surface area contributed by atoms with Gasteiger partial charge in [0.15, 0.2) is 0 Å². The zero-order valence-corrected chi connectivity index (χ0v) is 19.5. The second-order valence-electron chi connectivity index (χ2n) is 7.06. The summed E-state index contributed by atoms with van der Waals surface area (Å²) in [6, 6.07) is 12.8. The molecular formula is C23H30N2O6S. The van der Waals surface area contributed by atoms with Crippen LogP contribution in [-0.2, 0) is 26.1 Å². The average molecular weight is 463 g/mol. The molecule has 2 aromatic rings. The lowest BCUT2D eigenvalue weighted by atomic mass is 10.1. The first-order chi connectivity index (χ1) is 15.3. The van der Waals surface area contributed by atoms with Crippen molar-refractivity contribution in [2.45, 2.75) is 38.1 Å². The molecule has 0 fully saturated rings. The van der Waals surface area contributed by atoms with Gasteiger partial charge in [0, 0.05) is 13.1 Å². The first-order valence-electron chi connectivity index (χ1n) is 10.5. The van der Waals surface area contributed by atoms with Crippen molar-refractivity contribution in [3.05, 3.63) is 59.7 Å². The van der Waals surface area contributed by atoms with E-state index in [4.69, 9.17) is 4.74 Å². The fourth-order valence-electron chi connectivity index (χ4n) is 2.94. The normalized spacial score (nSPS) is 11.2. The van der Waals surface area contributed by atoms with E-state index >= 15 is 0 Å². The smallest absolute Gasteiger partial charge is 0.337 e. The zero-order chi connectivity index (χ0) is 23.6. The van der Waals surface area contributed by atoms with Crippen LogP contribution in [0.2, 0.25) is 0 Å². The third kappa shape index (κ3) is 7.06. The minimum Gasteiger partial charge on any atom is -0.494 e. The van der Waals surface area contributed by atoms with Crippen molar-refractivity contribution < 1.29 is 27.5 Å². The van der Waals surface area contributed by atoms with Crippen LogP contribution >= 0.6 is 0 Å². The number of hydrogen-bond donors (Lipinski definition) is 1. The van der Waals surface area contributed by atoms with Gasteiger partial charge in [0.05, 0.1) is 30.7 Å². The first-order valence-corrected chi connectivity index (χ1v) is 11.9. The maximum atomic E-state index is 13.1. The Balaban J connectivity index is 2.05. The highest BCUT2D eigenvalue weighted by atomic mass is 32.2. The van der Waals surface area contributed by atoms with E-state index in [-0.39, 0.29) is 24.5 Å². The lowest BCUT2D eigenvalue weighted by Crippen LogP contribution is -2.41. The maximum absolute atomic E-state index is 13.1. The number of carbonyl (C=O) groups is 2. The largest absolute Gasteiger partial charge is 0.494 e. The van der Waals surface area contributed by atoms with Crippen LogP contribution < -0.4 is 10.1 Å². The van der Waals surface area contributed by atoms with Crippen LogP contribution in [0.5, 0.6) is 5.75 Å². The molecule has 2 rings (SSSR count). The molecule has 0 spiro atoms. The highest BCUT2D eigenvalue weighted by molar-refractivity contribution is 7.89. The van der Waals surface area contributed by atoms with Crippen LogP contribution in [0.4, 0.5) is 0 Å². The molecule has 0 radical (unpaired) electrons. The number of methoxy groups -OCH3 is 1. The first kappa shape index (κ1) is 25.4. The Morgan fingerprint density at radius 2 is 1.66 bits per heavy atom. The Morgan fingerprint density at radius 3 is 2.22 bits per heavy atom. The monoisotopic (exact) mass is 462 g/mol. The number of hydrogen-bond acceptors (Lipinski definition) is 6. The molecule has 1 N–H and O–H groups in total. The van der Waals surface area contributed by atoms with Crippen LogP contribution in [0.15, 0.2) is 53.4 Å². The third-order valence-electron chi connectivity index (χ3n) is 4.72. The van der Waals surface area contributed by atoms with Crippen LogP contribution in [0, 0.1) is 0 Å². The Bertz CT molecular complexity index is 988. The summed E-state index contributed by atoms with van der Waals surface area (Å²) in [5.74, 6) is -0.262. The van der Waals surface area contributed by atoms with Crippen molar-refractivity contribution in [2.24, 2.45) is 0 Å². The molecule has 1 amide bonds. The summed E-state index contributed by atoms with van der Waals surface area (Å²) in [5, 5.41) is 2.74. The van der Waals surface area contributed by atoms with E-state index in [0.717, 1.165) is 12.0 Å². The van der Waals surface area contributed by atoms with Gasteiger partial charge in [0.1, 0.15) is 5.75 Å². The highest BCUT2D eigenvalue weighted by Crippen LogP contribution is 2.20. The summed E-state index contributed by atoms with van der Waals surface area (Å²) in [6.07, 6.45) is 1.43. The Morgan fingerprint density at radius 1 is 1.00 bits per heavy atom. The van der Waals surface area contributed by atoms with Gasteiger partial charge in [-0.25, -0.2) is 13.2 Å². The van der Waals surface area contributed by atoms with Gasteiger partial charge in [-0.3, -0.25) is 4.79 Å². The summed E-state index contributed by atoms with van der Waals surface area (Å²) in [4.78, 5) is 24.1. The Labute approximate surface area is 189 Å².